The normalized spacial score (nSPS) is 16.7. The van der Waals surface area contributed by atoms with E-state index in [-0.39, 0.29) is 17.4 Å². The van der Waals surface area contributed by atoms with E-state index in [4.69, 9.17) is 9.47 Å². The van der Waals surface area contributed by atoms with Gasteiger partial charge < -0.3 is 14.6 Å². The number of aliphatic hydroxyl groups is 1. The Kier molecular flexibility index (Phi) is 8.19. The Balaban J connectivity index is 1.81. The van der Waals surface area contributed by atoms with Crippen molar-refractivity contribution in [3.8, 4) is 5.75 Å². The first-order valence-electron chi connectivity index (χ1n) is 13.0. The maximum absolute atomic E-state index is 13.5. The van der Waals surface area contributed by atoms with Gasteiger partial charge in [-0.15, -0.1) is 0 Å². The van der Waals surface area contributed by atoms with E-state index in [2.05, 4.69) is 0 Å². The Morgan fingerprint density at radius 1 is 0.923 bits per heavy atom. The molecule has 7 heteroatoms. The molecule has 0 aliphatic carbocycles. The second kappa shape index (κ2) is 11.6. The Labute approximate surface area is 228 Å². The summed E-state index contributed by atoms with van der Waals surface area (Å²) < 4.78 is 11.1. The lowest BCUT2D eigenvalue weighted by molar-refractivity contribution is -0.132. The third kappa shape index (κ3) is 6.03. The van der Waals surface area contributed by atoms with Crippen LogP contribution in [0.4, 0.5) is 5.69 Å². The number of benzene rings is 3. The van der Waals surface area contributed by atoms with Gasteiger partial charge in [-0.05, 0) is 68.7 Å². The molecule has 3 aromatic carbocycles. The number of carbonyl (C=O) groups excluding carboxylic acids is 3. The van der Waals surface area contributed by atoms with Crippen LogP contribution in [-0.4, -0.2) is 35.5 Å². The second-order valence-corrected chi connectivity index (χ2v) is 10.3. The van der Waals surface area contributed by atoms with Crippen LogP contribution in [0.2, 0.25) is 0 Å². The van der Waals surface area contributed by atoms with Gasteiger partial charge in [0.25, 0.3) is 11.7 Å². The summed E-state index contributed by atoms with van der Waals surface area (Å²) in [5.74, 6) is -1.46. The van der Waals surface area contributed by atoms with Gasteiger partial charge in [-0.25, -0.2) is 4.79 Å². The number of Topliss-reactive ketones (excluding diaryl/α,β-unsaturated/α-hetero) is 1. The fourth-order valence-corrected chi connectivity index (χ4v) is 4.45. The molecule has 1 heterocycles. The molecule has 0 radical (unpaired) electrons. The highest BCUT2D eigenvalue weighted by Crippen LogP contribution is 2.42. The van der Waals surface area contributed by atoms with Crippen molar-refractivity contribution < 1.29 is 29.0 Å². The van der Waals surface area contributed by atoms with Gasteiger partial charge in [0.2, 0.25) is 0 Å². The van der Waals surface area contributed by atoms with Gasteiger partial charge in [-0.2, -0.15) is 0 Å². The smallest absolute Gasteiger partial charge is 0.338 e. The first-order chi connectivity index (χ1) is 18.6. The first kappa shape index (κ1) is 27.6. The number of rotatable bonds is 8. The number of hydrogen-bond donors (Lipinski definition) is 1. The minimum atomic E-state index is -0.876. The van der Waals surface area contributed by atoms with Crippen LogP contribution in [0.25, 0.3) is 5.76 Å². The Bertz CT molecular complexity index is 1420. The molecular formula is C32H33NO6. The van der Waals surface area contributed by atoms with Crippen LogP contribution in [0.3, 0.4) is 0 Å². The molecule has 7 nitrogen and oxygen atoms in total. The summed E-state index contributed by atoms with van der Waals surface area (Å²) in [6, 6.07) is 19.8. The molecule has 202 valence electrons. The monoisotopic (exact) mass is 527 g/mol. The average molecular weight is 528 g/mol. The van der Waals surface area contributed by atoms with Gasteiger partial charge in [-0.3, -0.25) is 14.5 Å². The first-order valence-corrected chi connectivity index (χ1v) is 13.0. The number of aryl methyl sites for hydroxylation is 1. The number of ether oxygens (including phenoxy) is 2. The molecule has 1 amide bonds. The second-order valence-electron chi connectivity index (χ2n) is 10.3. The molecule has 1 N–H and O–H groups in total. The molecule has 1 aliphatic heterocycles. The maximum Gasteiger partial charge on any atom is 0.338 e. The Hall–Kier alpha value is -4.39. The number of hydrogen-bond acceptors (Lipinski definition) is 6. The molecule has 1 unspecified atom stereocenters. The summed E-state index contributed by atoms with van der Waals surface area (Å²) in [4.78, 5) is 40.6. The molecule has 39 heavy (non-hydrogen) atoms. The highest BCUT2D eigenvalue weighted by Gasteiger charge is 2.47. The minimum Gasteiger partial charge on any atom is -0.507 e. The van der Waals surface area contributed by atoms with E-state index < -0.39 is 23.7 Å². The molecule has 0 spiro atoms. The summed E-state index contributed by atoms with van der Waals surface area (Å²) in [7, 11) is 0. The zero-order valence-corrected chi connectivity index (χ0v) is 22.8. The third-order valence-electron chi connectivity index (χ3n) is 6.22. The number of anilines is 1. The molecule has 1 fully saturated rings. The number of amides is 1. The predicted octanol–water partition coefficient (Wildman–Crippen LogP) is 6.22. The summed E-state index contributed by atoms with van der Waals surface area (Å²) in [6.45, 7) is 10.0. The van der Waals surface area contributed by atoms with Crippen LogP contribution in [0.1, 0.15) is 60.8 Å². The Morgan fingerprint density at radius 2 is 1.62 bits per heavy atom. The summed E-state index contributed by atoms with van der Waals surface area (Å²) in [6.07, 6.45) is -0.273. The number of carbonyl (C=O) groups is 3. The van der Waals surface area contributed by atoms with Crippen molar-refractivity contribution in [2.45, 2.75) is 46.8 Å². The maximum atomic E-state index is 13.5. The minimum absolute atomic E-state index is 0.0186. The van der Waals surface area contributed by atoms with Gasteiger partial charge >= 0.3 is 5.97 Å². The van der Waals surface area contributed by atoms with Crippen molar-refractivity contribution in [1.82, 2.24) is 0 Å². The van der Waals surface area contributed by atoms with Crippen molar-refractivity contribution in [1.29, 1.82) is 0 Å². The summed E-state index contributed by atoms with van der Waals surface area (Å²) in [5, 5.41) is 11.4. The van der Waals surface area contributed by atoms with E-state index in [9.17, 15) is 19.5 Å². The zero-order chi connectivity index (χ0) is 28.3. The fourth-order valence-electron chi connectivity index (χ4n) is 4.45. The van der Waals surface area contributed by atoms with E-state index in [0.29, 0.717) is 40.7 Å². The molecule has 0 bridgehead atoms. The highest BCUT2D eigenvalue weighted by atomic mass is 16.5. The molecule has 1 aliphatic rings. The van der Waals surface area contributed by atoms with E-state index in [1.807, 2.05) is 45.0 Å². The van der Waals surface area contributed by atoms with E-state index in [1.54, 1.807) is 62.4 Å². The number of nitrogens with zero attached hydrogens (tertiary/aromatic N) is 1. The van der Waals surface area contributed by atoms with Gasteiger partial charge in [0, 0.05) is 11.3 Å². The largest absolute Gasteiger partial charge is 0.507 e. The van der Waals surface area contributed by atoms with Gasteiger partial charge in [0.05, 0.1) is 29.9 Å². The van der Waals surface area contributed by atoms with Crippen molar-refractivity contribution in [2.24, 2.45) is 5.92 Å². The lowest BCUT2D eigenvalue weighted by Gasteiger charge is -2.26. The fraction of sp³-hybridized carbons (Fsp3) is 0.281. The van der Waals surface area contributed by atoms with Gasteiger partial charge in [0.1, 0.15) is 11.5 Å². The highest BCUT2D eigenvalue weighted by molar-refractivity contribution is 6.51. The van der Waals surface area contributed by atoms with Crippen LogP contribution in [0.5, 0.6) is 5.75 Å². The lowest BCUT2D eigenvalue weighted by Crippen LogP contribution is -2.29. The number of ketones is 1. The van der Waals surface area contributed by atoms with Crippen molar-refractivity contribution in [2.75, 3.05) is 11.5 Å². The standard InChI is InChI=1S/C32H33NO6/c1-19(2)18-38-26-11-7-10-24(17-26)29(34)27-28(23-9-6-8-21(5)16-23)33(31(36)30(27)35)25-14-12-22(13-15-25)32(37)39-20(3)4/h6-17,19-20,28,34H,18H2,1-5H3/b29-27+. The number of esters is 1. The van der Waals surface area contributed by atoms with E-state index in [1.165, 1.54) is 4.90 Å². The molecule has 0 aromatic heterocycles. The van der Waals surface area contributed by atoms with Crippen LogP contribution < -0.4 is 9.64 Å². The van der Waals surface area contributed by atoms with Crippen LogP contribution >= 0.6 is 0 Å². The quantitative estimate of drug-likeness (QED) is 0.162. The van der Waals surface area contributed by atoms with E-state index >= 15 is 0 Å². The lowest BCUT2D eigenvalue weighted by atomic mass is 9.94. The molecular weight excluding hydrogens is 494 g/mol. The molecule has 0 saturated carbocycles. The van der Waals surface area contributed by atoms with Crippen LogP contribution in [-0.2, 0) is 14.3 Å². The van der Waals surface area contributed by atoms with Crippen molar-refractivity contribution in [3.63, 3.8) is 0 Å². The van der Waals surface area contributed by atoms with E-state index in [0.717, 1.165) is 5.56 Å². The number of aliphatic hydroxyl groups excluding tert-OH is 1. The Morgan fingerprint density at radius 3 is 2.26 bits per heavy atom. The van der Waals surface area contributed by atoms with Crippen molar-refractivity contribution >= 4 is 29.1 Å². The van der Waals surface area contributed by atoms with Gasteiger partial charge in [-0.1, -0.05) is 55.8 Å². The predicted molar refractivity (Wildman–Crippen MR) is 150 cm³/mol. The summed E-state index contributed by atoms with van der Waals surface area (Å²) in [5.41, 5.74) is 2.71. The summed E-state index contributed by atoms with van der Waals surface area (Å²) >= 11 is 0. The molecule has 3 aromatic rings. The SMILES string of the molecule is Cc1cccc(C2/C(=C(\O)c3cccc(OCC(C)C)c3)C(=O)C(=O)N2c2ccc(C(=O)OC(C)C)cc2)c1. The molecule has 1 atom stereocenters. The van der Waals surface area contributed by atoms with Crippen LogP contribution in [0.15, 0.2) is 78.4 Å². The zero-order valence-electron chi connectivity index (χ0n) is 22.8. The third-order valence-corrected chi connectivity index (χ3v) is 6.22. The van der Waals surface area contributed by atoms with Crippen LogP contribution in [0, 0.1) is 12.8 Å². The topological polar surface area (TPSA) is 93.1 Å². The van der Waals surface area contributed by atoms with Gasteiger partial charge in [0.15, 0.2) is 0 Å². The average Bonchev–Trinajstić information content (AvgIpc) is 3.17. The molecule has 4 rings (SSSR count). The molecule has 1 saturated heterocycles. The van der Waals surface area contributed by atoms with Crippen molar-refractivity contribution in [3.05, 3.63) is 101 Å².